The van der Waals surface area contributed by atoms with E-state index in [-0.39, 0.29) is 6.61 Å². The lowest BCUT2D eigenvalue weighted by atomic mass is 10.1. The molecule has 0 amide bonds. The fourth-order valence-electron chi connectivity index (χ4n) is 2.59. The predicted octanol–water partition coefficient (Wildman–Crippen LogP) is 5.93. The molecule has 0 radical (unpaired) electrons. The molecule has 134 valence electrons. The van der Waals surface area contributed by atoms with Crippen LogP contribution in [0.5, 0.6) is 5.75 Å². The summed E-state index contributed by atoms with van der Waals surface area (Å²) in [4.78, 5) is 12.3. The SMILES string of the molecule is COc1c(C)cccc1C(=O)OCc1ccc(-c2cccc(Cl)c2Cl)o1. The Morgan fingerprint density at radius 2 is 1.85 bits per heavy atom. The monoisotopic (exact) mass is 390 g/mol. The van der Waals surface area contributed by atoms with Crippen molar-refractivity contribution in [3.05, 3.63) is 75.5 Å². The largest absolute Gasteiger partial charge is 0.496 e. The summed E-state index contributed by atoms with van der Waals surface area (Å²) in [5.74, 6) is 1.07. The Bertz CT molecular complexity index is 947. The van der Waals surface area contributed by atoms with Crippen molar-refractivity contribution in [2.75, 3.05) is 7.11 Å². The van der Waals surface area contributed by atoms with E-state index in [1.165, 1.54) is 7.11 Å². The predicted molar refractivity (Wildman–Crippen MR) is 101 cm³/mol. The molecule has 1 heterocycles. The first-order valence-corrected chi connectivity index (χ1v) is 8.60. The number of rotatable bonds is 5. The Hall–Kier alpha value is -2.43. The fraction of sp³-hybridized carbons (Fsp3) is 0.150. The highest BCUT2D eigenvalue weighted by molar-refractivity contribution is 6.43. The van der Waals surface area contributed by atoms with Crippen molar-refractivity contribution >= 4 is 29.2 Å². The van der Waals surface area contributed by atoms with Gasteiger partial charge in [-0.1, -0.05) is 41.4 Å². The van der Waals surface area contributed by atoms with E-state index in [1.807, 2.05) is 13.0 Å². The summed E-state index contributed by atoms with van der Waals surface area (Å²) in [7, 11) is 1.52. The molecule has 0 atom stereocenters. The second kappa shape index (κ2) is 7.85. The number of esters is 1. The van der Waals surface area contributed by atoms with E-state index < -0.39 is 5.97 Å². The molecule has 0 spiro atoms. The molecule has 2 aromatic carbocycles. The normalized spacial score (nSPS) is 10.6. The van der Waals surface area contributed by atoms with Gasteiger partial charge in [0.25, 0.3) is 0 Å². The molecule has 0 saturated heterocycles. The summed E-state index contributed by atoms with van der Waals surface area (Å²) in [6, 6.07) is 14.1. The first kappa shape index (κ1) is 18.4. The molecule has 0 fully saturated rings. The van der Waals surface area contributed by atoms with Crippen LogP contribution >= 0.6 is 23.2 Å². The molecule has 0 aliphatic heterocycles. The third kappa shape index (κ3) is 3.71. The number of ether oxygens (including phenoxy) is 2. The second-order valence-electron chi connectivity index (χ2n) is 5.60. The fourth-order valence-corrected chi connectivity index (χ4v) is 2.99. The quantitative estimate of drug-likeness (QED) is 0.506. The molecular formula is C20H16Cl2O4. The number of hydrogen-bond acceptors (Lipinski definition) is 4. The Kier molecular flexibility index (Phi) is 5.55. The molecule has 0 bridgehead atoms. The van der Waals surface area contributed by atoms with Gasteiger partial charge in [-0.3, -0.25) is 0 Å². The number of carbonyl (C=O) groups is 1. The summed E-state index contributed by atoms with van der Waals surface area (Å²) in [6.07, 6.45) is 0. The van der Waals surface area contributed by atoms with E-state index in [1.54, 1.807) is 42.5 Å². The van der Waals surface area contributed by atoms with Crippen LogP contribution in [-0.4, -0.2) is 13.1 Å². The van der Waals surface area contributed by atoms with Crippen molar-refractivity contribution in [1.82, 2.24) is 0 Å². The van der Waals surface area contributed by atoms with Crippen LogP contribution in [0.2, 0.25) is 10.0 Å². The molecule has 4 nitrogen and oxygen atoms in total. The Morgan fingerprint density at radius 3 is 2.62 bits per heavy atom. The highest BCUT2D eigenvalue weighted by Crippen LogP contribution is 2.34. The third-order valence-corrected chi connectivity index (χ3v) is 4.68. The van der Waals surface area contributed by atoms with Gasteiger partial charge in [0.2, 0.25) is 0 Å². The van der Waals surface area contributed by atoms with E-state index in [2.05, 4.69) is 0 Å². The van der Waals surface area contributed by atoms with Gasteiger partial charge in [0, 0.05) is 5.56 Å². The maximum absolute atomic E-state index is 12.3. The molecule has 0 saturated carbocycles. The van der Waals surface area contributed by atoms with Crippen molar-refractivity contribution < 1.29 is 18.7 Å². The maximum atomic E-state index is 12.3. The summed E-state index contributed by atoms with van der Waals surface area (Å²) >= 11 is 12.2. The molecule has 0 aliphatic rings. The minimum absolute atomic E-state index is 0.00584. The number of methoxy groups -OCH3 is 1. The van der Waals surface area contributed by atoms with Gasteiger partial charge in [0.1, 0.15) is 29.4 Å². The van der Waals surface area contributed by atoms with Gasteiger partial charge >= 0.3 is 5.97 Å². The first-order chi connectivity index (χ1) is 12.5. The second-order valence-corrected chi connectivity index (χ2v) is 6.38. The van der Waals surface area contributed by atoms with Crippen LogP contribution < -0.4 is 4.74 Å². The molecular weight excluding hydrogens is 375 g/mol. The third-order valence-electron chi connectivity index (χ3n) is 3.86. The van der Waals surface area contributed by atoms with Crippen molar-refractivity contribution in [1.29, 1.82) is 0 Å². The molecule has 1 aromatic heterocycles. The van der Waals surface area contributed by atoms with Gasteiger partial charge in [-0.25, -0.2) is 4.79 Å². The molecule has 3 rings (SSSR count). The topological polar surface area (TPSA) is 48.7 Å². The Balaban J connectivity index is 1.74. The number of aryl methyl sites for hydroxylation is 1. The average Bonchev–Trinajstić information content (AvgIpc) is 3.10. The molecule has 0 N–H and O–H groups in total. The summed E-state index contributed by atoms with van der Waals surface area (Å²) in [5, 5.41) is 0.858. The zero-order chi connectivity index (χ0) is 18.7. The Labute approximate surface area is 161 Å². The number of hydrogen-bond donors (Lipinski definition) is 0. The minimum Gasteiger partial charge on any atom is -0.496 e. The zero-order valence-corrected chi connectivity index (χ0v) is 15.7. The van der Waals surface area contributed by atoms with Gasteiger partial charge in [-0.05, 0) is 42.8 Å². The molecule has 0 aliphatic carbocycles. The van der Waals surface area contributed by atoms with E-state index in [0.29, 0.717) is 38.4 Å². The molecule has 0 unspecified atom stereocenters. The van der Waals surface area contributed by atoms with Crippen LogP contribution in [-0.2, 0) is 11.3 Å². The van der Waals surface area contributed by atoms with Crippen LogP contribution in [0, 0.1) is 6.92 Å². The van der Waals surface area contributed by atoms with Crippen LogP contribution in [0.1, 0.15) is 21.7 Å². The number of furan rings is 1. The molecule has 26 heavy (non-hydrogen) atoms. The van der Waals surface area contributed by atoms with E-state index in [4.69, 9.17) is 37.1 Å². The van der Waals surface area contributed by atoms with E-state index >= 15 is 0 Å². The van der Waals surface area contributed by atoms with Crippen molar-refractivity contribution in [3.8, 4) is 17.1 Å². The van der Waals surface area contributed by atoms with Crippen molar-refractivity contribution in [2.24, 2.45) is 0 Å². The number of halogens is 2. The number of para-hydroxylation sites is 1. The molecule has 3 aromatic rings. The van der Waals surface area contributed by atoms with Gasteiger partial charge in [0.05, 0.1) is 17.2 Å². The maximum Gasteiger partial charge on any atom is 0.342 e. The van der Waals surface area contributed by atoms with E-state index in [9.17, 15) is 4.79 Å². The Morgan fingerprint density at radius 1 is 1.08 bits per heavy atom. The molecule has 6 heteroatoms. The number of carbonyl (C=O) groups excluding carboxylic acids is 1. The zero-order valence-electron chi connectivity index (χ0n) is 14.2. The van der Waals surface area contributed by atoms with Gasteiger partial charge in [-0.15, -0.1) is 0 Å². The highest BCUT2D eigenvalue weighted by atomic mass is 35.5. The smallest absolute Gasteiger partial charge is 0.342 e. The summed E-state index contributed by atoms with van der Waals surface area (Å²) in [6.45, 7) is 1.86. The van der Waals surface area contributed by atoms with Gasteiger partial charge < -0.3 is 13.9 Å². The first-order valence-electron chi connectivity index (χ1n) is 7.85. The summed E-state index contributed by atoms with van der Waals surface area (Å²) in [5.41, 5.74) is 1.91. The van der Waals surface area contributed by atoms with Crippen LogP contribution in [0.15, 0.2) is 52.9 Å². The van der Waals surface area contributed by atoms with E-state index in [0.717, 1.165) is 5.56 Å². The lowest BCUT2D eigenvalue weighted by molar-refractivity contribution is 0.0442. The van der Waals surface area contributed by atoms with Crippen molar-refractivity contribution in [3.63, 3.8) is 0 Å². The van der Waals surface area contributed by atoms with Crippen molar-refractivity contribution in [2.45, 2.75) is 13.5 Å². The average molecular weight is 391 g/mol. The standard InChI is InChI=1S/C20H16Cl2O4/c1-12-5-3-7-15(19(12)24-2)20(23)25-11-13-9-10-17(26-13)14-6-4-8-16(21)18(14)22/h3-10H,11H2,1-2H3. The van der Waals surface area contributed by atoms with Gasteiger partial charge in [0.15, 0.2) is 0 Å². The lowest BCUT2D eigenvalue weighted by Crippen LogP contribution is -2.07. The highest BCUT2D eigenvalue weighted by Gasteiger charge is 2.17. The van der Waals surface area contributed by atoms with Crippen LogP contribution in [0.25, 0.3) is 11.3 Å². The summed E-state index contributed by atoms with van der Waals surface area (Å²) < 4.78 is 16.3. The van der Waals surface area contributed by atoms with Gasteiger partial charge in [-0.2, -0.15) is 0 Å². The van der Waals surface area contributed by atoms with Crippen LogP contribution in [0.3, 0.4) is 0 Å². The number of benzene rings is 2. The van der Waals surface area contributed by atoms with Crippen LogP contribution in [0.4, 0.5) is 0 Å². The lowest BCUT2D eigenvalue weighted by Gasteiger charge is -2.10. The minimum atomic E-state index is -0.482.